The zero-order valence-corrected chi connectivity index (χ0v) is 27.9. The minimum absolute atomic E-state index is 0.0228. The topological polar surface area (TPSA) is 121 Å². The van der Waals surface area contributed by atoms with Gasteiger partial charge in [-0.2, -0.15) is 10.2 Å². The van der Waals surface area contributed by atoms with E-state index < -0.39 is 11.9 Å². The summed E-state index contributed by atoms with van der Waals surface area (Å²) < 4.78 is 16.3. The summed E-state index contributed by atoms with van der Waals surface area (Å²) in [6.07, 6.45) is 6.68. The van der Waals surface area contributed by atoms with Crippen molar-refractivity contribution in [2.45, 2.75) is 71.8 Å². The highest BCUT2D eigenvalue weighted by Crippen LogP contribution is 2.36. The molecule has 9 nitrogen and oxygen atoms in total. The molecule has 0 saturated heterocycles. The summed E-state index contributed by atoms with van der Waals surface area (Å²) >= 11 is 0. The van der Waals surface area contributed by atoms with Crippen LogP contribution in [0.15, 0.2) is 95.7 Å². The number of azo groups is 1. The Morgan fingerprint density at radius 2 is 1.38 bits per heavy atom. The van der Waals surface area contributed by atoms with Crippen molar-refractivity contribution in [3.05, 3.63) is 102 Å². The molecule has 0 unspecified atom stereocenters. The van der Waals surface area contributed by atoms with Gasteiger partial charge in [-0.1, -0.05) is 45.9 Å². The molecule has 0 bridgehead atoms. The molecule has 1 saturated carbocycles. The van der Waals surface area contributed by atoms with Gasteiger partial charge in [0.15, 0.2) is 5.78 Å². The number of rotatable bonds is 15. The summed E-state index contributed by atoms with van der Waals surface area (Å²) in [6.45, 7) is 10.2. The monoisotopic (exact) mass is 652 g/mol. The number of unbranched alkanes of at least 4 members (excludes halogenated alkanes) is 2. The SMILES string of the molecule is C=CC(=O)OCCCCCC(=O)c1ccc(C(=O)Oc2ccc(N=Nc3ccc(C(=O)O[C@@H]4C[C@H](C)CC[C@H]4C(C)C)cc3)cc2)cc1. The first-order valence-electron chi connectivity index (χ1n) is 16.6. The molecular formula is C39H44N2O7. The van der Waals surface area contributed by atoms with E-state index in [1.165, 1.54) is 6.42 Å². The Kier molecular flexibility index (Phi) is 13.4. The summed E-state index contributed by atoms with van der Waals surface area (Å²) in [4.78, 5) is 49.0. The molecule has 3 aromatic rings. The van der Waals surface area contributed by atoms with E-state index >= 15 is 0 Å². The van der Waals surface area contributed by atoms with E-state index in [1.807, 2.05) is 0 Å². The third-order valence-electron chi connectivity index (χ3n) is 8.55. The van der Waals surface area contributed by atoms with Gasteiger partial charge in [-0.3, -0.25) is 4.79 Å². The molecule has 252 valence electrons. The molecule has 0 N–H and O–H groups in total. The van der Waals surface area contributed by atoms with Crippen LogP contribution in [0.5, 0.6) is 5.75 Å². The summed E-state index contributed by atoms with van der Waals surface area (Å²) in [5.74, 6) is 0.404. The molecule has 4 rings (SSSR count). The lowest BCUT2D eigenvalue weighted by atomic mass is 9.75. The Hall–Kier alpha value is -4.92. The first-order valence-corrected chi connectivity index (χ1v) is 16.6. The van der Waals surface area contributed by atoms with Gasteiger partial charge in [0.05, 0.1) is 29.1 Å². The summed E-state index contributed by atoms with van der Waals surface area (Å²) in [6, 6.07) is 19.8. The Balaban J connectivity index is 1.22. The van der Waals surface area contributed by atoms with E-state index in [1.54, 1.807) is 72.8 Å². The van der Waals surface area contributed by atoms with Crippen LogP contribution >= 0.6 is 0 Å². The van der Waals surface area contributed by atoms with Crippen molar-refractivity contribution in [1.29, 1.82) is 0 Å². The molecule has 3 atom stereocenters. The molecule has 48 heavy (non-hydrogen) atoms. The van der Waals surface area contributed by atoms with E-state index in [9.17, 15) is 19.2 Å². The minimum atomic E-state index is -0.547. The van der Waals surface area contributed by atoms with Gasteiger partial charge >= 0.3 is 17.9 Å². The highest BCUT2D eigenvalue weighted by molar-refractivity contribution is 5.98. The van der Waals surface area contributed by atoms with E-state index in [0.717, 1.165) is 25.3 Å². The van der Waals surface area contributed by atoms with Crippen molar-refractivity contribution < 1.29 is 33.4 Å². The van der Waals surface area contributed by atoms with Gasteiger partial charge in [-0.05, 0) is 111 Å². The van der Waals surface area contributed by atoms with Crippen molar-refractivity contribution in [3.8, 4) is 5.75 Å². The number of Topliss-reactive ketones (excluding diaryl/α,β-unsaturated/α-hetero) is 1. The summed E-state index contributed by atoms with van der Waals surface area (Å²) in [7, 11) is 0. The molecule has 0 heterocycles. The van der Waals surface area contributed by atoms with E-state index in [-0.39, 0.29) is 17.9 Å². The summed E-state index contributed by atoms with van der Waals surface area (Å²) in [5.41, 5.74) is 2.47. The van der Waals surface area contributed by atoms with Gasteiger partial charge in [0.2, 0.25) is 0 Å². The van der Waals surface area contributed by atoms with Crippen LogP contribution in [0.2, 0.25) is 0 Å². The van der Waals surface area contributed by atoms with Crippen LogP contribution in [-0.4, -0.2) is 36.4 Å². The van der Waals surface area contributed by atoms with E-state index in [4.69, 9.17) is 14.2 Å². The van der Waals surface area contributed by atoms with Crippen molar-refractivity contribution in [2.75, 3.05) is 6.61 Å². The predicted octanol–water partition coefficient (Wildman–Crippen LogP) is 9.41. The number of hydrogen-bond donors (Lipinski definition) is 0. The normalized spacial score (nSPS) is 17.5. The van der Waals surface area contributed by atoms with Gasteiger partial charge in [-0.25, -0.2) is 14.4 Å². The second kappa shape index (κ2) is 17.8. The highest BCUT2D eigenvalue weighted by atomic mass is 16.5. The Bertz CT molecular complexity index is 1580. The zero-order valence-electron chi connectivity index (χ0n) is 27.9. The van der Waals surface area contributed by atoms with Gasteiger partial charge in [0.1, 0.15) is 11.9 Å². The quantitative estimate of drug-likeness (QED) is 0.0400. The molecule has 3 aromatic carbocycles. The number of carbonyl (C=O) groups is 4. The van der Waals surface area contributed by atoms with Crippen molar-refractivity contribution in [2.24, 2.45) is 28.0 Å². The van der Waals surface area contributed by atoms with E-state index in [2.05, 4.69) is 37.6 Å². The lowest BCUT2D eigenvalue weighted by Gasteiger charge is -2.36. The lowest BCUT2D eigenvalue weighted by Crippen LogP contribution is -2.35. The minimum Gasteiger partial charge on any atom is -0.463 e. The van der Waals surface area contributed by atoms with Crippen LogP contribution in [0.1, 0.15) is 96.8 Å². The predicted molar refractivity (Wildman–Crippen MR) is 183 cm³/mol. The first-order chi connectivity index (χ1) is 23.1. The van der Waals surface area contributed by atoms with Crippen molar-refractivity contribution >= 4 is 35.1 Å². The van der Waals surface area contributed by atoms with Crippen LogP contribution in [0.4, 0.5) is 11.4 Å². The van der Waals surface area contributed by atoms with Crippen LogP contribution in [0.3, 0.4) is 0 Å². The number of nitrogens with zero attached hydrogens (tertiary/aromatic N) is 2. The maximum Gasteiger partial charge on any atom is 0.343 e. The average Bonchev–Trinajstić information content (AvgIpc) is 3.09. The third kappa shape index (κ3) is 10.8. The average molecular weight is 653 g/mol. The van der Waals surface area contributed by atoms with Crippen molar-refractivity contribution in [3.63, 3.8) is 0 Å². The molecule has 0 spiro atoms. The van der Waals surface area contributed by atoms with E-state index in [0.29, 0.717) is 77.4 Å². The number of ketones is 1. The molecule has 1 aliphatic rings. The Morgan fingerprint density at radius 3 is 2.00 bits per heavy atom. The van der Waals surface area contributed by atoms with Gasteiger partial charge in [0, 0.05) is 18.1 Å². The smallest absolute Gasteiger partial charge is 0.343 e. The molecule has 0 amide bonds. The Labute approximate surface area is 282 Å². The molecule has 0 aliphatic heterocycles. The maximum atomic E-state index is 12.9. The second-order valence-corrected chi connectivity index (χ2v) is 12.6. The largest absolute Gasteiger partial charge is 0.463 e. The fraction of sp³-hybridized carbons (Fsp3) is 0.385. The number of carbonyl (C=O) groups excluding carboxylic acids is 4. The zero-order chi connectivity index (χ0) is 34.5. The lowest BCUT2D eigenvalue weighted by molar-refractivity contribution is -0.137. The number of ether oxygens (including phenoxy) is 3. The fourth-order valence-electron chi connectivity index (χ4n) is 5.71. The molecule has 0 aromatic heterocycles. The van der Waals surface area contributed by atoms with Crippen LogP contribution in [0, 0.1) is 17.8 Å². The molecule has 9 heteroatoms. The summed E-state index contributed by atoms with van der Waals surface area (Å²) in [5, 5.41) is 8.50. The fourth-order valence-corrected chi connectivity index (χ4v) is 5.71. The van der Waals surface area contributed by atoms with Crippen LogP contribution < -0.4 is 4.74 Å². The van der Waals surface area contributed by atoms with Crippen molar-refractivity contribution in [1.82, 2.24) is 0 Å². The maximum absolute atomic E-state index is 12.9. The second-order valence-electron chi connectivity index (χ2n) is 12.6. The molecule has 1 fully saturated rings. The molecule has 0 radical (unpaired) electrons. The Morgan fingerprint density at radius 1 is 0.792 bits per heavy atom. The van der Waals surface area contributed by atoms with Crippen LogP contribution in [0.25, 0.3) is 0 Å². The molecular weight excluding hydrogens is 608 g/mol. The standard InChI is InChI=1S/C39H44N2O7/c1-5-37(43)46-24-8-6-7-9-35(42)28-11-13-29(14-12-28)38(44)47-33-21-19-32(20-22-33)41-40-31-17-15-30(16-18-31)39(45)48-36-25-27(4)10-23-34(36)26(2)3/h5,11-22,26-27,34,36H,1,6-10,23-25H2,2-4H3/t27-,34+,36-/m1/s1. The van der Waals surface area contributed by atoms with Gasteiger partial charge in [0.25, 0.3) is 0 Å². The first kappa shape index (κ1) is 35.9. The van der Waals surface area contributed by atoms with Crippen LogP contribution in [-0.2, 0) is 14.3 Å². The number of benzene rings is 3. The third-order valence-corrected chi connectivity index (χ3v) is 8.55. The van der Waals surface area contributed by atoms with Gasteiger partial charge < -0.3 is 14.2 Å². The number of hydrogen-bond acceptors (Lipinski definition) is 9. The number of esters is 3. The highest BCUT2D eigenvalue weighted by Gasteiger charge is 2.33. The van der Waals surface area contributed by atoms with Gasteiger partial charge in [-0.15, -0.1) is 0 Å². The molecule has 1 aliphatic carbocycles.